The Kier molecular flexibility index (Phi) is 5.70. The SMILES string of the molecule is Nc1ncc(C2=CCCCC2)cc1C(=O)c1cccc(N2CCCCCC2)n1. The highest BCUT2D eigenvalue weighted by Crippen LogP contribution is 2.28. The molecule has 5 heteroatoms. The van der Waals surface area contributed by atoms with Crippen LogP contribution in [0.15, 0.2) is 36.5 Å². The van der Waals surface area contributed by atoms with Gasteiger partial charge in [0, 0.05) is 19.3 Å². The maximum Gasteiger partial charge on any atom is 0.215 e. The second-order valence-corrected chi connectivity index (χ2v) is 7.74. The molecular formula is C23H28N4O. The summed E-state index contributed by atoms with van der Waals surface area (Å²) in [7, 11) is 0. The van der Waals surface area contributed by atoms with E-state index in [4.69, 9.17) is 5.73 Å². The average Bonchev–Trinajstić information content (AvgIpc) is 3.04. The lowest BCUT2D eigenvalue weighted by molar-refractivity contribution is 0.103. The predicted molar refractivity (Wildman–Crippen MR) is 113 cm³/mol. The highest BCUT2D eigenvalue weighted by Gasteiger charge is 2.19. The number of rotatable bonds is 4. The Labute approximate surface area is 166 Å². The molecule has 0 atom stereocenters. The molecule has 0 spiro atoms. The molecule has 0 bridgehead atoms. The van der Waals surface area contributed by atoms with Gasteiger partial charge >= 0.3 is 0 Å². The number of nitrogens with two attached hydrogens (primary N) is 1. The van der Waals surface area contributed by atoms with Crippen LogP contribution < -0.4 is 10.6 Å². The fraction of sp³-hybridized carbons (Fsp3) is 0.435. The van der Waals surface area contributed by atoms with E-state index in [0.717, 1.165) is 37.3 Å². The summed E-state index contributed by atoms with van der Waals surface area (Å²) in [5.74, 6) is 0.998. The van der Waals surface area contributed by atoms with Crippen LogP contribution in [0, 0.1) is 0 Å². The minimum atomic E-state index is -0.153. The molecule has 28 heavy (non-hydrogen) atoms. The number of nitrogen functional groups attached to an aromatic ring is 1. The molecule has 2 aliphatic rings. The zero-order chi connectivity index (χ0) is 19.3. The summed E-state index contributed by atoms with van der Waals surface area (Å²) in [6.07, 6.45) is 13.4. The van der Waals surface area contributed by atoms with E-state index in [2.05, 4.69) is 20.9 Å². The maximum absolute atomic E-state index is 13.2. The van der Waals surface area contributed by atoms with E-state index in [0.29, 0.717) is 11.3 Å². The zero-order valence-corrected chi connectivity index (χ0v) is 16.4. The van der Waals surface area contributed by atoms with Crippen LogP contribution in [-0.2, 0) is 0 Å². The first-order valence-electron chi connectivity index (χ1n) is 10.4. The number of carbonyl (C=O) groups excluding carboxylic acids is 1. The van der Waals surface area contributed by atoms with Crippen LogP contribution in [0.4, 0.5) is 11.6 Å². The highest BCUT2D eigenvalue weighted by molar-refractivity contribution is 6.11. The number of nitrogens with zero attached hydrogens (tertiary/aromatic N) is 3. The lowest BCUT2D eigenvalue weighted by Gasteiger charge is -2.21. The normalized spacial score (nSPS) is 17.7. The van der Waals surface area contributed by atoms with Gasteiger partial charge in [-0.3, -0.25) is 4.79 Å². The second-order valence-electron chi connectivity index (χ2n) is 7.74. The Hall–Kier alpha value is -2.69. The van der Waals surface area contributed by atoms with E-state index < -0.39 is 0 Å². The van der Waals surface area contributed by atoms with Crippen LogP contribution in [0.3, 0.4) is 0 Å². The van der Waals surface area contributed by atoms with Crippen molar-refractivity contribution in [1.82, 2.24) is 9.97 Å². The number of hydrogen-bond acceptors (Lipinski definition) is 5. The molecular weight excluding hydrogens is 348 g/mol. The van der Waals surface area contributed by atoms with Gasteiger partial charge in [-0.1, -0.05) is 25.0 Å². The standard InChI is InChI=1S/C23H28N4O/c24-23-19(15-18(16-25-23)17-9-4-3-5-10-17)22(28)20-11-8-12-21(26-20)27-13-6-1-2-7-14-27/h8-9,11-12,15-16H,1-7,10,13-14H2,(H2,24,25). The average molecular weight is 377 g/mol. The van der Waals surface area contributed by atoms with Gasteiger partial charge in [-0.25, -0.2) is 9.97 Å². The number of allylic oxidation sites excluding steroid dienone is 2. The quantitative estimate of drug-likeness (QED) is 0.788. The van der Waals surface area contributed by atoms with Crippen molar-refractivity contribution >= 4 is 23.0 Å². The van der Waals surface area contributed by atoms with Crippen LogP contribution in [0.25, 0.3) is 5.57 Å². The van der Waals surface area contributed by atoms with Crippen LogP contribution >= 0.6 is 0 Å². The Balaban J connectivity index is 1.62. The molecule has 5 nitrogen and oxygen atoms in total. The molecule has 1 saturated heterocycles. The van der Waals surface area contributed by atoms with Crippen molar-refractivity contribution in [3.8, 4) is 0 Å². The minimum absolute atomic E-state index is 0.153. The van der Waals surface area contributed by atoms with Crippen LogP contribution in [0.5, 0.6) is 0 Å². The van der Waals surface area contributed by atoms with Crippen molar-refractivity contribution in [3.63, 3.8) is 0 Å². The summed E-state index contributed by atoms with van der Waals surface area (Å²) in [6, 6.07) is 7.57. The van der Waals surface area contributed by atoms with Crippen LogP contribution in [0.1, 0.15) is 73.0 Å². The first-order chi connectivity index (χ1) is 13.7. The number of pyridine rings is 2. The smallest absolute Gasteiger partial charge is 0.215 e. The third-order valence-corrected chi connectivity index (χ3v) is 5.72. The van der Waals surface area contributed by atoms with E-state index in [-0.39, 0.29) is 11.6 Å². The van der Waals surface area contributed by atoms with Gasteiger partial charge in [0.25, 0.3) is 0 Å². The summed E-state index contributed by atoms with van der Waals surface area (Å²) in [5.41, 5.74) is 9.22. The van der Waals surface area contributed by atoms with Gasteiger partial charge in [0.15, 0.2) is 0 Å². The van der Waals surface area contributed by atoms with Crippen molar-refractivity contribution in [2.45, 2.75) is 51.4 Å². The van der Waals surface area contributed by atoms with Gasteiger partial charge in [-0.15, -0.1) is 0 Å². The van der Waals surface area contributed by atoms with Gasteiger partial charge in [-0.05, 0) is 67.9 Å². The van der Waals surface area contributed by atoms with Crippen LogP contribution in [0.2, 0.25) is 0 Å². The van der Waals surface area contributed by atoms with E-state index >= 15 is 0 Å². The molecule has 4 rings (SSSR count). The van der Waals surface area contributed by atoms with Gasteiger partial charge < -0.3 is 10.6 Å². The minimum Gasteiger partial charge on any atom is -0.383 e. The molecule has 0 unspecified atom stereocenters. The van der Waals surface area contributed by atoms with E-state index in [1.165, 1.54) is 44.1 Å². The molecule has 0 saturated carbocycles. The Morgan fingerprint density at radius 3 is 2.61 bits per heavy atom. The van der Waals surface area contributed by atoms with Crippen molar-refractivity contribution in [1.29, 1.82) is 0 Å². The molecule has 1 aliphatic carbocycles. The fourth-order valence-corrected chi connectivity index (χ4v) is 4.10. The zero-order valence-electron chi connectivity index (χ0n) is 16.4. The second kappa shape index (κ2) is 8.55. The monoisotopic (exact) mass is 376 g/mol. The summed E-state index contributed by atoms with van der Waals surface area (Å²) in [4.78, 5) is 24.5. The van der Waals surface area contributed by atoms with Gasteiger partial charge in [-0.2, -0.15) is 0 Å². The summed E-state index contributed by atoms with van der Waals surface area (Å²) in [6.45, 7) is 2.00. The summed E-state index contributed by atoms with van der Waals surface area (Å²) < 4.78 is 0. The number of anilines is 2. The maximum atomic E-state index is 13.2. The summed E-state index contributed by atoms with van der Waals surface area (Å²) in [5, 5.41) is 0. The lowest BCUT2D eigenvalue weighted by atomic mass is 9.93. The fourth-order valence-electron chi connectivity index (χ4n) is 4.10. The lowest BCUT2D eigenvalue weighted by Crippen LogP contribution is -2.25. The van der Waals surface area contributed by atoms with Gasteiger partial charge in [0.1, 0.15) is 17.3 Å². The predicted octanol–water partition coefficient (Wildman–Crippen LogP) is 4.63. The third-order valence-electron chi connectivity index (χ3n) is 5.72. The molecule has 0 amide bonds. The van der Waals surface area contributed by atoms with E-state index in [1.807, 2.05) is 18.2 Å². The van der Waals surface area contributed by atoms with E-state index in [9.17, 15) is 4.79 Å². The first kappa shape index (κ1) is 18.7. The molecule has 2 aromatic rings. The van der Waals surface area contributed by atoms with Crippen LogP contribution in [-0.4, -0.2) is 28.8 Å². The Morgan fingerprint density at radius 2 is 1.86 bits per heavy atom. The third kappa shape index (κ3) is 4.08. The van der Waals surface area contributed by atoms with Gasteiger partial charge in [0.2, 0.25) is 5.78 Å². The van der Waals surface area contributed by atoms with Crippen molar-refractivity contribution < 1.29 is 4.79 Å². The largest absolute Gasteiger partial charge is 0.383 e. The highest BCUT2D eigenvalue weighted by atomic mass is 16.1. The number of hydrogen-bond donors (Lipinski definition) is 1. The Bertz CT molecular complexity index is 882. The van der Waals surface area contributed by atoms with Crippen molar-refractivity contribution in [3.05, 3.63) is 53.4 Å². The molecule has 1 fully saturated rings. The number of carbonyl (C=O) groups is 1. The molecule has 0 radical (unpaired) electrons. The molecule has 0 aromatic carbocycles. The topological polar surface area (TPSA) is 72.1 Å². The molecule has 1 aliphatic heterocycles. The summed E-state index contributed by atoms with van der Waals surface area (Å²) >= 11 is 0. The van der Waals surface area contributed by atoms with E-state index in [1.54, 1.807) is 12.3 Å². The van der Waals surface area contributed by atoms with Crippen molar-refractivity contribution in [2.24, 2.45) is 0 Å². The number of aromatic nitrogens is 2. The molecule has 146 valence electrons. The first-order valence-corrected chi connectivity index (χ1v) is 10.4. The molecule has 3 heterocycles. The van der Waals surface area contributed by atoms with Crippen molar-refractivity contribution in [2.75, 3.05) is 23.7 Å². The molecule has 2 aromatic heterocycles. The molecule has 2 N–H and O–H groups in total. The Morgan fingerprint density at radius 1 is 1.04 bits per heavy atom. The number of ketones is 1. The van der Waals surface area contributed by atoms with Gasteiger partial charge in [0.05, 0.1) is 5.56 Å².